The average Bonchev–Trinajstić information content (AvgIpc) is 3.35. The molecule has 0 radical (unpaired) electrons. The highest BCUT2D eigenvalue weighted by molar-refractivity contribution is 6.21. The number of hydrogen-bond donors (Lipinski definition) is 1. The van der Waals surface area contributed by atoms with Crippen molar-refractivity contribution in [3.63, 3.8) is 0 Å². The lowest BCUT2D eigenvalue weighted by atomic mass is 10.0. The Morgan fingerprint density at radius 2 is 1.83 bits per heavy atom. The number of nitrogens with one attached hydrogen (secondary N) is 1. The van der Waals surface area contributed by atoms with Crippen LogP contribution in [0.4, 0.5) is 0 Å². The summed E-state index contributed by atoms with van der Waals surface area (Å²) in [4.78, 5) is 52.5. The number of carbonyl (C=O) groups is 4. The lowest BCUT2D eigenvalue weighted by Gasteiger charge is -2.32. The van der Waals surface area contributed by atoms with Crippen LogP contribution in [-0.4, -0.2) is 59.1 Å². The SMILES string of the molecule is Cc1ccc2c(c1)C(=O)N(CCC(=O)NC1CCN(C(=O)c3ccoc3)CC1)C2=O. The van der Waals surface area contributed by atoms with Crippen molar-refractivity contribution in [3.05, 3.63) is 59.0 Å². The number of nitrogens with zero attached hydrogens (tertiary/aromatic N) is 2. The van der Waals surface area contributed by atoms with E-state index in [4.69, 9.17) is 4.42 Å². The van der Waals surface area contributed by atoms with Crippen LogP contribution in [0.3, 0.4) is 0 Å². The number of hydrogen-bond acceptors (Lipinski definition) is 5. The minimum absolute atomic E-state index is 0.0317. The molecule has 1 fully saturated rings. The van der Waals surface area contributed by atoms with Crippen molar-refractivity contribution >= 4 is 23.6 Å². The molecule has 8 heteroatoms. The number of likely N-dealkylation sites (tertiary alicyclic amines) is 1. The van der Waals surface area contributed by atoms with Crippen LogP contribution in [0.2, 0.25) is 0 Å². The van der Waals surface area contributed by atoms with E-state index in [-0.39, 0.29) is 42.6 Å². The number of aryl methyl sites for hydroxylation is 1. The van der Waals surface area contributed by atoms with Crippen LogP contribution < -0.4 is 5.32 Å². The quantitative estimate of drug-likeness (QED) is 0.762. The Kier molecular flexibility index (Phi) is 5.39. The first-order chi connectivity index (χ1) is 14.4. The Hall–Kier alpha value is -3.42. The van der Waals surface area contributed by atoms with E-state index in [2.05, 4.69) is 5.32 Å². The number of furan rings is 1. The van der Waals surface area contributed by atoms with Gasteiger partial charge in [0, 0.05) is 32.1 Å². The zero-order chi connectivity index (χ0) is 21.3. The van der Waals surface area contributed by atoms with Crippen LogP contribution in [0.5, 0.6) is 0 Å². The summed E-state index contributed by atoms with van der Waals surface area (Å²) >= 11 is 0. The molecule has 1 N–H and O–H groups in total. The first kappa shape index (κ1) is 19.9. The normalized spacial score (nSPS) is 16.7. The van der Waals surface area contributed by atoms with Gasteiger partial charge in [0.1, 0.15) is 6.26 Å². The molecule has 1 saturated heterocycles. The second-order valence-electron chi connectivity index (χ2n) is 7.71. The van der Waals surface area contributed by atoms with Crippen molar-refractivity contribution in [2.24, 2.45) is 0 Å². The van der Waals surface area contributed by atoms with E-state index in [1.807, 2.05) is 6.92 Å². The highest BCUT2D eigenvalue weighted by Crippen LogP contribution is 2.24. The Morgan fingerprint density at radius 1 is 1.10 bits per heavy atom. The van der Waals surface area contributed by atoms with Gasteiger partial charge in [0.15, 0.2) is 0 Å². The molecule has 4 rings (SSSR count). The maximum atomic E-state index is 12.5. The monoisotopic (exact) mass is 409 g/mol. The number of carbonyl (C=O) groups excluding carboxylic acids is 4. The fourth-order valence-electron chi connectivity index (χ4n) is 3.92. The van der Waals surface area contributed by atoms with Gasteiger partial charge >= 0.3 is 0 Å². The number of piperidine rings is 1. The zero-order valence-electron chi connectivity index (χ0n) is 16.7. The first-order valence-corrected chi connectivity index (χ1v) is 10.0. The molecule has 1 aromatic heterocycles. The summed E-state index contributed by atoms with van der Waals surface area (Å²) in [5, 5.41) is 2.95. The number of rotatable bonds is 5. The minimum Gasteiger partial charge on any atom is -0.472 e. The van der Waals surface area contributed by atoms with E-state index < -0.39 is 0 Å². The van der Waals surface area contributed by atoms with Gasteiger partial charge in [-0.15, -0.1) is 0 Å². The highest BCUT2D eigenvalue weighted by atomic mass is 16.3. The van der Waals surface area contributed by atoms with E-state index in [0.29, 0.717) is 42.6 Å². The second kappa shape index (κ2) is 8.14. The summed E-state index contributed by atoms with van der Waals surface area (Å²) in [7, 11) is 0. The third-order valence-electron chi connectivity index (χ3n) is 5.60. The van der Waals surface area contributed by atoms with Crippen molar-refractivity contribution in [2.45, 2.75) is 32.2 Å². The molecule has 4 amide bonds. The number of imide groups is 1. The third kappa shape index (κ3) is 3.85. The lowest BCUT2D eigenvalue weighted by molar-refractivity contribution is -0.122. The van der Waals surface area contributed by atoms with Gasteiger partial charge in [-0.05, 0) is 38.0 Å². The molecule has 156 valence electrons. The third-order valence-corrected chi connectivity index (χ3v) is 5.60. The molecule has 0 saturated carbocycles. The largest absolute Gasteiger partial charge is 0.472 e. The highest BCUT2D eigenvalue weighted by Gasteiger charge is 2.35. The topological polar surface area (TPSA) is 99.9 Å². The summed E-state index contributed by atoms with van der Waals surface area (Å²) in [6.45, 7) is 3.01. The minimum atomic E-state index is -0.353. The summed E-state index contributed by atoms with van der Waals surface area (Å²) in [6.07, 6.45) is 4.26. The molecular weight excluding hydrogens is 386 g/mol. The van der Waals surface area contributed by atoms with Gasteiger partial charge in [0.05, 0.1) is 23.0 Å². The van der Waals surface area contributed by atoms with Gasteiger partial charge in [0.2, 0.25) is 5.91 Å². The zero-order valence-corrected chi connectivity index (χ0v) is 16.7. The molecule has 0 bridgehead atoms. The van der Waals surface area contributed by atoms with Crippen LogP contribution in [0, 0.1) is 6.92 Å². The van der Waals surface area contributed by atoms with Gasteiger partial charge in [-0.3, -0.25) is 24.1 Å². The molecule has 8 nitrogen and oxygen atoms in total. The molecular formula is C22H23N3O5. The van der Waals surface area contributed by atoms with Crippen LogP contribution in [0.15, 0.2) is 41.2 Å². The maximum Gasteiger partial charge on any atom is 0.261 e. The standard InChI is InChI=1S/C22H23N3O5/c1-14-2-3-17-18(12-14)22(29)25(21(17)28)10-6-19(26)23-16-4-8-24(9-5-16)20(27)15-7-11-30-13-15/h2-3,7,11-13,16H,4-6,8-10H2,1H3,(H,23,26). The molecule has 0 spiro atoms. The Labute approximate surface area is 173 Å². The Morgan fingerprint density at radius 3 is 2.53 bits per heavy atom. The molecule has 2 aromatic rings. The van der Waals surface area contributed by atoms with Gasteiger partial charge in [-0.2, -0.15) is 0 Å². The van der Waals surface area contributed by atoms with Crippen LogP contribution in [-0.2, 0) is 4.79 Å². The Bertz CT molecular complexity index is 990. The van der Waals surface area contributed by atoms with Crippen molar-refractivity contribution in [1.29, 1.82) is 0 Å². The number of fused-ring (bicyclic) bond motifs is 1. The fourth-order valence-corrected chi connectivity index (χ4v) is 3.92. The molecule has 30 heavy (non-hydrogen) atoms. The lowest BCUT2D eigenvalue weighted by Crippen LogP contribution is -2.47. The molecule has 0 atom stereocenters. The van der Waals surface area contributed by atoms with E-state index in [1.54, 1.807) is 29.2 Å². The molecule has 2 aliphatic rings. The molecule has 2 aliphatic heterocycles. The second-order valence-corrected chi connectivity index (χ2v) is 7.71. The smallest absolute Gasteiger partial charge is 0.261 e. The summed E-state index contributed by atoms with van der Waals surface area (Å²) in [5.41, 5.74) is 2.22. The van der Waals surface area contributed by atoms with Gasteiger partial charge in [-0.1, -0.05) is 11.6 Å². The van der Waals surface area contributed by atoms with Crippen molar-refractivity contribution in [3.8, 4) is 0 Å². The Balaban J connectivity index is 1.25. The number of benzene rings is 1. The summed E-state index contributed by atoms with van der Waals surface area (Å²) in [6, 6.07) is 6.76. The average molecular weight is 409 g/mol. The van der Waals surface area contributed by atoms with Crippen LogP contribution in [0.25, 0.3) is 0 Å². The van der Waals surface area contributed by atoms with E-state index in [0.717, 1.165) is 10.5 Å². The van der Waals surface area contributed by atoms with E-state index in [1.165, 1.54) is 12.5 Å². The maximum absolute atomic E-state index is 12.5. The van der Waals surface area contributed by atoms with Gasteiger partial charge < -0.3 is 14.6 Å². The van der Waals surface area contributed by atoms with Crippen LogP contribution in [0.1, 0.15) is 55.9 Å². The molecule has 0 aliphatic carbocycles. The van der Waals surface area contributed by atoms with Crippen LogP contribution >= 0.6 is 0 Å². The fraction of sp³-hybridized carbons (Fsp3) is 0.364. The van der Waals surface area contributed by atoms with E-state index in [9.17, 15) is 19.2 Å². The van der Waals surface area contributed by atoms with E-state index >= 15 is 0 Å². The summed E-state index contributed by atoms with van der Waals surface area (Å²) in [5.74, 6) is -0.983. The predicted molar refractivity (Wildman–Crippen MR) is 107 cm³/mol. The van der Waals surface area contributed by atoms with Crippen molar-refractivity contribution in [1.82, 2.24) is 15.1 Å². The van der Waals surface area contributed by atoms with Gasteiger partial charge in [0.25, 0.3) is 17.7 Å². The molecule has 3 heterocycles. The van der Waals surface area contributed by atoms with Crippen molar-refractivity contribution in [2.75, 3.05) is 19.6 Å². The summed E-state index contributed by atoms with van der Waals surface area (Å²) < 4.78 is 4.95. The number of amides is 4. The molecule has 1 aromatic carbocycles. The predicted octanol–water partition coefficient (Wildman–Crippen LogP) is 2.00. The first-order valence-electron chi connectivity index (χ1n) is 10.0. The molecule has 0 unspecified atom stereocenters. The van der Waals surface area contributed by atoms with Crippen molar-refractivity contribution < 1.29 is 23.6 Å². The van der Waals surface area contributed by atoms with Gasteiger partial charge in [-0.25, -0.2) is 0 Å².